The molecule has 2 aliphatic rings. The van der Waals surface area contributed by atoms with E-state index in [1.165, 1.54) is 17.3 Å². The van der Waals surface area contributed by atoms with Gasteiger partial charge in [-0.25, -0.2) is 0 Å². The highest BCUT2D eigenvalue weighted by Gasteiger charge is 2.25. The molecule has 0 aromatic heterocycles. The van der Waals surface area contributed by atoms with Gasteiger partial charge in [-0.3, -0.25) is 9.59 Å². The number of carbonyl (C=O) groups is 2. The monoisotopic (exact) mass is 366 g/mol. The minimum atomic E-state index is -0.00572. The van der Waals surface area contributed by atoms with Crippen LogP contribution in [0.15, 0.2) is 53.4 Å². The number of rotatable bonds is 3. The van der Waals surface area contributed by atoms with E-state index in [1.807, 2.05) is 29.2 Å². The zero-order valence-corrected chi connectivity index (χ0v) is 15.4. The van der Waals surface area contributed by atoms with Gasteiger partial charge in [0.05, 0.1) is 11.4 Å². The van der Waals surface area contributed by atoms with Crippen LogP contribution in [0.2, 0.25) is 0 Å². The van der Waals surface area contributed by atoms with Gasteiger partial charge in [0.25, 0.3) is 5.91 Å². The summed E-state index contributed by atoms with van der Waals surface area (Å²) >= 11 is 1.52. The summed E-state index contributed by atoms with van der Waals surface area (Å²) in [5.74, 6) is 1.14. The Bertz CT molecular complexity index is 814. The van der Waals surface area contributed by atoms with E-state index in [1.54, 1.807) is 0 Å². The molecule has 2 aromatic carbocycles. The third-order valence-electron chi connectivity index (χ3n) is 5.13. The number of hydrogen-bond acceptors (Lipinski definition) is 3. The minimum absolute atomic E-state index is 0.00572. The lowest BCUT2D eigenvalue weighted by Gasteiger charge is -2.32. The van der Waals surface area contributed by atoms with Crippen molar-refractivity contribution >= 4 is 29.3 Å². The molecule has 0 aliphatic carbocycles. The fourth-order valence-electron chi connectivity index (χ4n) is 3.69. The van der Waals surface area contributed by atoms with Crippen LogP contribution >= 0.6 is 11.8 Å². The van der Waals surface area contributed by atoms with Crippen molar-refractivity contribution in [3.63, 3.8) is 0 Å². The number of carbonyl (C=O) groups excluding carboxylic acids is 2. The van der Waals surface area contributed by atoms with Crippen LogP contribution in [-0.2, 0) is 11.2 Å². The molecule has 26 heavy (non-hydrogen) atoms. The highest BCUT2D eigenvalue weighted by Crippen LogP contribution is 2.32. The molecule has 2 aromatic rings. The summed E-state index contributed by atoms with van der Waals surface area (Å²) in [7, 11) is 0. The zero-order chi connectivity index (χ0) is 17.9. The summed E-state index contributed by atoms with van der Waals surface area (Å²) < 4.78 is 0. The largest absolute Gasteiger partial charge is 0.339 e. The maximum atomic E-state index is 12.8. The van der Waals surface area contributed by atoms with Crippen LogP contribution in [0.25, 0.3) is 0 Å². The van der Waals surface area contributed by atoms with E-state index in [2.05, 4.69) is 29.6 Å². The van der Waals surface area contributed by atoms with Crippen molar-refractivity contribution in [3.8, 4) is 0 Å². The molecular weight excluding hydrogens is 344 g/mol. The number of nitrogens with one attached hydrogen (secondary N) is 1. The first-order valence-corrected chi connectivity index (χ1v) is 10.1. The quantitative estimate of drug-likeness (QED) is 0.898. The molecule has 0 radical (unpaired) electrons. The van der Waals surface area contributed by atoms with Gasteiger partial charge in [-0.2, -0.15) is 0 Å². The van der Waals surface area contributed by atoms with Gasteiger partial charge in [0.15, 0.2) is 0 Å². The van der Waals surface area contributed by atoms with Gasteiger partial charge in [0, 0.05) is 23.5 Å². The molecule has 2 heterocycles. The van der Waals surface area contributed by atoms with Crippen molar-refractivity contribution in [1.82, 2.24) is 4.90 Å². The Hall–Kier alpha value is -2.27. The Morgan fingerprint density at radius 3 is 2.65 bits per heavy atom. The number of benzene rings is 2. The molecule has 134 valence electrons. The maximum Gasteiger partial charge on any atom is 0.253 e. The van der Waals surface area contributed by atoms with Crippen LogP contribution in [0.4, 0.5) is 5.69 Å². The second-order valence-corrected chi connectivity index (χ2v) is 7.99. The number of piperidine rings is 1. The van der Waals surface area contributed by atoms with Gasteiger partial charge in [-0.15, -0.1) is 11.8 Å². The number of hydrogen-bond donors (Lipinski definition) is 1. The van der Waals surface area contributed by atoms with Gasteiger partial charge < -0.3 is 10.2 Å². The van der Waals surface area contributed by atoms with Crippen LogP contribution in [0.1, 0.15) is 28.8 Å². The third-order valence-corrected chi connectivity index (χ3v) is 6.20. The molecule has 0 spiro atoms. The van der Waals surface area contributed by atoms with Gasteiger partial charge in [-0.05, 0) is 48.9 Å². The van der Waals surface area contributed by atoms with E-state index in [0.29, 0.717) is 17.2 Å². The predicted octanol–water partition coefficient (Wildman–Crippen LogP) is 3.83. The van der Waals surface area contributed by atoms with E-state index in [-0.39, 0.29) is 11.8 Å². The Kier molecular flexibility index (Phi) is 4.98. The molecular formula is C21H22N2O2S. The van der Waals surface area contributed by atoms with Crippen molar-refractivity contribution in [3.05, 3.63) is 59.7 Å². The number of thioether (sulfide) groups is 1. The van der Waals surface area contributed by atoms with E-state index in [4.69, 9.17) is 0 Å². The van der Waals surface area contributed by atoms with Crippen molar-refractivity contribution in [2.75, 3.05) is 24.2 Å². The number of likely N-dealkylation sites (tertiary alicyclic amines) is 1. The van der Waals surface area contributed by atoms with Crippen LogP contribution in [0.3, 0.4) is 0 Å². The van der Waals surface area contributed by atoms with Crippen LogP contribution in [-0.4, -0.2) is 35.6 Å². The van der Waals surface area contributed by atoms with Gasteiger partial charge in [0.1, 0.15) is 0 Å². The molecule has 2 amide bonds. The summed E-state index contributed by atoms with van der Waals surface area (Å²) in [6, 6.07) is 16.2. The van der Waals surface area contributed by atoms with Gasteiger partial charge in [0.2, 0.25) is 5.91 Å². The molecule has 1 fully saturated rings. The normalized spacial score (nSPS) is 17.5. The molecule has 0 bridgehead atoms. The first-order valence-electron chi connectivity index (χ1n) is 9.09. The van der Waals surface area contributed by atoms with Crippen molar-refractivity contribution < 1.29 is 9.59 Å². The lowest BCUT2D eigenvalue weighted by atomic mass is 9.90. The Labute approximate surface area is 158 Å². The molecule has 1 N–H and O–H groups in total. The van der Waals surface area contributed by atoms with Crippen LogP contribution in [0, 0.1) is 5.92 Å². The van der Waals surface area contributed by atoms with E-state index in [0.717, 1.165) is 42.9 Å². The maximum absolute atomic E-state index is 12.8. The first-order chi connectivity index (χ1) is 12.7. The fraction of sp³-hybridized carbons (Fsp3) is 0.333. The summed E-state index contributed by atoms with van der Waals surface area (Å²) in [5.41, 5.74) is 2.80. The van der Waals surface area contributed by atoms with Crippen LogP contribution in [0.5, 0.6) is 0 Å². The number of nitrogens with zero attached hydrogens (tertiary/aromatic N) is 1. The minimum Gasteiger partial charge on any atom is -0.339 e. The Morgan fingerprint density at radius 2 is 1.88 bits per heavy atom. The Morgan fingerprint density at radius 1 is 1.12 bits per heavy atom. The third kappa shape index (κ3) is 3.78. The average molecular weight is 366 g/mol. The molecule has 0 saturated carbocycles. The van der Waals surface area contributed by atoms with E-state index >= 15 is 0 Å². The lowest BCUT2D eigenvalue weighted by molar-refractivity contribution is -0.113. The summed E-state index contributed by atoms with van der Waals surface area (Å²) in [6.07, 6.45) is 3.17. The SMILES string of the molecule is O=C1CSc2ccc(C(=O)N3CCC(Cc4ccccc4)CC3)cc2N1. The standard InChI is InChI=1S/C21H22N2O2S/c24-20-14-26-19-7-6-17(13-18(19)22-20)21(25)23-10-8-16(9-11-23)12-15-4-2-1-3-5-15/h1-7,13,16H,8-12,14H2,(H,22,24). The van der Waals surface area contributed by atoms with Crippen molar-refractivity contribution in [2.45, 2.75) is 24.2 Å². The molecule has 2 aliphatic heterocycles. The smallest absolute Gasteiger partial charge is 0.253 e. The molecule has 0 atom stereocenters. The molecule has 1 saturated heterocycles. The molecule has 5 heteroatoms. The summed E-state index contributed by atoms with van der Waals surface area (Å²) in [5, 5.41) is 2.86. The van der Waals surface area contributed by atoms with Gasteiger partial charge in [-0.1, -0.05) is 30.3 Å². The number of fused-ring (bicyclic) bond motifs is 1. The topological polar surface area (TPSA) is 49.4 Å². The predicted molar refractivity (Wildman–Crippen MR) is 105 cm³/mol. The van der Waals surface area contributed by atoms with Crippen LogP contribution < -0.4 is 5.32 Å². The molecule has 0 unspecified atom stereocenters. The van der Waals surface area contributed by atoms with Crippen molar-refractivity contribution in [2.24, 2.45) is 5.92 Å². The molecule has 4 nitrogen and oxygen atoms in total. The average Bonchev–Trinajstić information content (AvgIpc) is 2.68. The molecule has 4 rings (SSSR count). The highest BCUT2D eigenvalue weighted by atomic mass is 32.2. The first kappa shape index (κ1) is 17.2. The second kappa shape index (κ2) is 7.54. The summed E-state index contributed by atoms with van der Waals surface area (Å²) in [4.78, 5) is 27.4. The Balaban J connectivity index is 1.38. The number of amides is 2. The zero-order valence-electron chi connectivity index (χ0n) is 14.6. The van der Waals surface area contributed by atoms with Crippen molar-refractivity contribution in [1.29, 1.82) is 0 Å². The second-order valence-electron chi connectivity index (χ2n) is 6.97. The number of anilines is 1. The highest BCUT2D eigenvalue weighted by molar-refractivity contribution is 8.00. The van der Waals surface area contributed by atoms with E-state index in [9.17, 15) is 9.59 Å². The fourth-order valence-corrected chi connectivity index (χ4v) is 4.47. The lowest BCUT2D eigenvalue weighted by Crippen LogP contribution is -2.39. The van der Waals surface area contributed by atoms with Gasteiger partial charge >= 0.3 is 0 Å². The summed E-state index contributed by atoms with van der Waals surface area (Å²) in [6.45, 7) is 1.60. The van der Waals surface area contributed by atoms with E-state index < -0.39 is 0 Å².